The summed E-state index contributed by atoms with van der Waals surface area (Å²) in [7, 11) is 1.45. The van der Waals surface area contributed by atoms with Crippen molar-refractivity contribution in [1.82, 2.24) is 5.12 Å². The molecule has 0 aliphatic heterocycles. The van der Waals surface area contributed by atoms with Gasteiger partial charge in [-0.1, -0.05) is 52.9 Å². The van der Waals surface area contributed by atoms with Crippen molar-refractivity contribution in [2.75, 3.05) is 13.6 Å². The summed E-state index contributed by atoms with van der Waals surface area (Å²) < 4.78 is 11.9. The maximum absolute atomic E-state index is 11.9. The van der Waals surface area contributed by atoms with Gasteiger partial charge in [-0.05, 0) is 6.42 Å². The molecule has 0 aromatic carbocycles. The Balaban J connectivity index is 0. The van der Waals surface area contributed by atoms with Crippen LogP contribution >= 0.6 is 0 Å². The van der Waals surface area contributed by atoms with Crippen LogP contribution in [0, 0.1) is 0 Å². The summed E-state index contributed by atoms with van der Waals surface area (Å²) in [5, 5.41) is 0.732. The molecule has 0 aromatic rings. The highest BCUT2D eigenvalue weighted by Gasteiger charge is 1.90. The molecule has 2 heteroatoms. The first kappa shape index (κ1) is 15.4. The van der Waals surface area contributed by atoms with Crippen LogP contribution in [0.4, 0.5) is 4.48 Å². The molecule has 0 heterocycles. The Morgan fingerprint density at radius 2 is 1.31 bits per heavy atom. The molecule has 0 unspecified atom stereocenters. The first-order valence-electron chi connectivity index (χ1n) is 5.55. The van der Waals surface area contributed by atoms with E-state index in [0.717, 1.165) is 24.4 Å². The highest BCUT2D eigenvalue weighted by atomic mass is 19.2. The van der Waals surface area contributed by atoms with Crippen LogP contribution in [0.1, 0.15) is 59.3 Å². The molecule has 0 saturated carbocycles. The lowest BCUT2D eigenvalue weighted by atomic mass is 10.2. The van der Waals surface area contributed by atoms with Gasteiger partial charge in [0.2, 0.25) is 0 Å². The molecule has 0 amide bonds. The minimum absolute atomic E-state index is 0.577. The number of nitrogens with zero attached hydrogens (tertiary/aromatic N) is 1. The smallest absolute Gasteiger partial charge is 0.0287 e. The van der Waals surface area contributed by atoms with Crippen molar-refractivity contribution >= 4 is 0 Å². The van der Waals surface area contributed by atoms with Crippen molar-refractivity contribution in [2.45, 2.75) is 59.3 Å². The van der Waals surface area contributed by atoms with E-state index in [1.165, 1.54) is 26.3 Å². The molecule has 0 atom stereocenters. The van der Waals surface area contributed by atoms with Crippen LogP contribution in [0.5, 0.6) is 0 Å². The molecule has 1 nitrogen and oxygen atoms in total. The van der Waals surface area contributed by atoms with Crippen LogP contribution in [0.2, 0.25) is 0 Å². The number of hydrogen-bond acceptors (Lipinski definition) is 1. The van der Waals surface area contributed by atoms with Crippen LogP contribution in [0.25, 0.3) is 0 Å². The zero-order chi connectivity index (χ0) is 10.5. The Morgan fingerprint density at radius 1 is 0.846 bits per heavy atom. The van der Waals surface area contributed by atoms with Crippen molar-refractivity contribution in [2.24, 2.45) is 0 Å². The van der Waals surface area contributed by atoms with Gasteiger partial charge in [0.15, 0.2) is 0 Å². The molecule has 0 rings (SSSR count). The van der Waals surface area contributed by atoms with Gasteiger partial charge < -0.3 is 0 Å². The first-order valence-corrected chi connectivity index (χ1v) is 5.55. The molecule has 0 spiro atoms. The SMILES string of the molecule is CCCCC.CCCCCN(C)F. The second kappa shape index (κ2) is 14.4. The van der Waals surface area contributed by atoms with E-state index in [9.17, 15) is 4.48 Å². The van der Waals surface area contributed by atoms with Crippen molar-refractivity contribution in [1.29, 1.82) is 0 Å². The van der Waals surface area contributed by atoms with E-state index >= 15 is 0 Å². The molecule has 13 heavy (non-hydrogen) atoms. The summed E-state index contributed by atoms with van der Waals surface area (Å²) in [5.74, 6) is 0. The summed E-state index contributed by atoms with van der Waals surface area (Å²) >= 11 is 0. The summed E-state index contributed by atoms with van der Waals surface area (Å²) in [6.45, 7) is 7.11. The van der Waals surface area contributed by atoms with Gasteiger partial charge in [0.25, 0.3) is 0 Å². The molecule has 0 N–H and O–H groups in total. The van der Waals surface area contributed by atoms with Crippen LogP contribution in [0.15, 0.2) is 0 Å². The average Bonchev–Trinajstić information content (AvgIpc) is 2.07. The van der Waals surface area contributed by atoms with Gasteiger partial charge >= 0.3 is 0 Å². The van der Waals surface area contributed by atoms with E-state index < -0.39 is 0 Å². The summed E-state index contributed by atoms with van der Waals surface area (Å²) in [4.78, 5) is 0. The van der Waals surface area contributed by atoms with E-state index in [2.05, 4.69) is 20.8 Å². The summed E-state index contributed by atoms with van der Waals surface area (Å²) in [6.07, 6.45) is 7.35. The minimum Gasteiger partial charge on any atom is -0.149 e. The fourth-order valence-electron chi connectivity index (χ4n) is 0.933. The van der Waals surface area contributed by atoms with E-state index in [1.807, 2.05) is 0 Å². The van der Waals surface area contributed by atoms with Crippen molar-refractivity contribution in [3.63, 3.8) is 0 Å². The van der Waals surface area contributed by atoms with Gasteiger partial charge in [0.1, 0.15) is 0 Å². The van der Waals surface area contributed by atoms with Crippen LogP contribution in [0.3, 0.4) is 0 Å². The summed E-state index contributed by atoms with van der Waals surface area (Å²) in [6, 6.07) is 0. The molecule has 0 aliphatic rings. The zero-order valence-corrected chi connectivity index (χ0v) is 9.77. The predicted molar refractivity (Wildman–Crippen MR) is 58.5 cm³/mol. The normalized spacial score (nSPS) is 9.69. The number of rotatable bonds is 6. The highest BCUT2D eigenvalue weighted by molar-refractivity contribution is 4.38. The third-order valence-corrected chi connectivity index (χ3v) is 1.78. The third kappa shape index (κ3) is 24.5. The maximum Gasteiger partial charge on any atom is 0.0287 e. The Bertz CT molecular complexity index is 72.5. The second-order valence-corrected chi connectivity index (χ2v) is 3.39. The molecule has 0 fully saturated rings. The van der Waals surface area contributed by atoms with Crippen LogP contribution in [-0.4, -0.2) is 18.7 Å². The molecule has 0 aliphatic carbocycles. The topological polar surface area (TPSA) is 3.24 Å². The number of hydrogen-bond donors (Lipinski definition) is 0. The molecular weight excluding hydrogens is 165 g/mol. The van der Waals surface area contributed by atoms with Crippen molar-refractivity contribution < 1.29 is 4.48 Å². The molecule has 0 aromatic heterocycles. The van der Waals surface area contributed by atoms with Gasteiger partial charge in [0, 0.05) is 13.6 Å². The molecule has 0 radical (unpaired) electrons. The lowest BCUT2D eigenvalue weighted by Gasteiger charge is -2.01. The van der Waals surface area contributed by atoms with Gasteiger partial charge in [-0.3, -0.25) is 0 Å². The zero-order valence-electron chi connectivity index (χ0n) is 9.77. The van der Waals surface area contributed by atoms with E-state index in [-0.39, 0.29) is 0 Å². The molecule has 0 saturated heterocycles. The summed E-state index contributed by atoms with van der Waals surface area (Å²) in [5.41, 5.74) is 0. The fraction of sp³-hybridized carbons (Fsp3) is 1.00. The van der Waals surface area contributed by atoms with Gasteiger partial charge in [0.05, 0.1) is 0 Å². The van der Waals surface area contributed by atoms with Crippen molar-refractivity contribution in [3.05, 3.63) is 0 Å². The monoisotopic (exact) mass is 191 g/mol. The first-order chi connectivity index (χ1) is 6.18. The van der Waals surface area contributed by atoms with Gasteiger partial charge in [-0.15, -0.1) is 9.60 Å². The highest BCUT2D eigenvalue weighted by Crippen LogP contribution is 1.95. The largest absolute Gasteiger partial charge is 0.149 e. The maximum atomic E-state index is 11.9. The Labute approximate surface area is 83.3 Å². The van der Waals surface area contributed by atoms with Gasteiger partial charge in [-0.25, -0.2) is 0 Å². The Morgan fingerprint density at radius 3 is 1.54 bits per heavy atom. The van der Waals surface area contributed by atoms with Gasteiger partial charge in [-0.2, -0.15) is 0 Å². The lowest BCUT2D eigenvalue weighted by molar-refractivity contribution is 0.0581. The molecule has 0 bridgehead atoms. The fourth-order valence-corrected chi connectivity index (χ4v) is 0.933. The quantitative estimate of drug-likeness (QED) is 0.449. The van der Waals surface area contributed by atoms with Crippen molar-refractivity contribution in [3.8, 4) is 0 Å². The second-order valence-electron chi connectivity index (χ2n) is 3.39. The molecular formula is C11H26FN. The van der Waals surface area contributed by atoms with Crippen LogP contribution in [-0.2, 0) is 0 Å². The number of unbranched alkanes of at least 4 members (excludes halogenated alkanes) is 4. The Hall–Kier alpha value is -0.110. The van der Waals surface area contributed by atoms with E-state index in [0.29, 0.717) is 6.54 Å². The standard InChI is InChI=1S/C6H14FN.C5H12/c1-3-4-5-6-8(2)7;1-3-5-4-2/h3-6H2,1-2H3;3-5H2,1-2H3. The predicted octanol–water partition coefficient (Wildman–Crippen LogP) is 4.19. The number of halogens is 1. The van der Waals surface area contributed by atoms with Crippen LogP contribution < -0.4 is 0 Å². The lowest BCUT2D eigenvalue weighted by Crippen LogP contribution is -2.06. The third-order valence-electron chi connectivity index (χ3n) is 1.78. The average molecular weight is 191 g/mol. The minimum atomic E-state index is 0.577. The molecule has 82 valence electrons. The Kier molecular flexibility index (Phi) is 17.0. The van der Waals surface area contributed by atoms with E-state index in [1.54, 1.807) is 0 Å². The van der Waals surface area contributed by atoms with E-state index in [4.69, 9.17) is 0 Å².